The predicted molar refractivity (Wildman–Crippen MR) is 133 cm³/mol. The third kappa shape index (κ3) is 4.03. The van der Waals surface area contributed by atoms with Gasteiger partial charge in [-0.2, -0.15) is 0 Å². The van der Waals surface area contributed by atoms with Gasteiger partial charge in [0.2, 0.25) is 11.8 Å². The zero-order valence-corrected chi connectivity index (χ0v) is 20.0. The Balaban J connectivity index is 1.38. The van der Waals surface area contributed by atoms with Gasteiger partial charge in [0.25, 0.3) is 5.56 Å². The van der Waals surface area contributed by atoms with Gasteiger partial charge in [-0.3, -0.25) is 14.4 Å². The highest BCUT2D eigenvalue weighted by Gasteiger charge is 2.49. The number of nitrogens with zero attached hydrogens (tertiary/aromatic N) is 2. The molecule has 0 aliphatic carbocycles. The highest BCUT2D eigenvalue weighted by atomic mass is 16.5. The highest BCUT2D eigenvalue weighted by Crippen LogP contribution is 2.48. The van der Waals surface area contributed by atoms with Gasteiger partial charge >= 0.3 is 0 Å². The summed E-state index contributed by atoms with van der Waals surface area (Å²) in [7, 11) is 0. The van der Waals surface area contributed by atoms with Gasteiger partial charge in [-0.15, -0.1) is 0 Å². The maximum absolute atomic E-state index is 13.7. The molecular formula is C27H32N4O4. The topological polar surface area (TPSA) is 92.7 Å². The van der Waals surface area contributed by atoms with Crippen LogP contribution in [-0.4, -0.2) is 48.2 Å². The molecule has 2 amide bonds. The number of anilines is 2. The molecule has 1 aromatic carbocycles. The van der Waals surface area contributed by atoms with E-state index < -0.39 is 0 Å². The lowest BCUT2D eigenvalue weighted by Gasteiger charge is -2.54. The van der Waals surface area contributed by atoms with Gasteiger partial charge in [-0.1, -0.05) is 6.07 Å². The van der Waals surface area contributed by atoms with Gasteiger partial charge in [0, 0.05) is 68.3 Å². The number of fused-ring (bicyclic) bond motifs is 8. The van der Waals surface area contributed by atoms with Crippen LogP contribution in [0.15, 0.2) is 41.2 Å². The average molecular weight is 477 g/mol. The van der Waals surface area contributed by atoms with E-state index in [1.54, 1.807) is 6.07 Å². The minimum absolute atomic E-state index is 0.0248. The Bertz CT molecular complexity index is 1220. The molecule has 0 saturated carbocycles. The van der Waals surface area contributed by atoms with Crippen LogP contribution < -0.4 is 21.1 Å². The summed E-state index contributed by atoms with van der Waals surface area (Å²) < 4.78 is 7.65. The monoisotopic (exact) mass is 476 g/mol. The fourth-order valence-electron chi connectivity index (χ4n) is 6.75. The zero-order chi connectivity index (χ0) is 24.1. The molecule has 2 fully saturated rings. The van der Waals surface area contributed by atoms with E-state index in [-0.39, 0.29) is 41.4 Å². The number of nitrogens with one attached hydrogen (secondary N) is 2. The summed E-state index contributed by atoms with van der Waals surface area (Å²) in [4.78, 5) is 40.4. The first-order valence-corrected chi connectivity index (χ1v) is 12.7. The van der Waals surface area contributed by atoms with E-state index in [0.29, 0.717) is 25.4 Å². The predicted octanol–water partition coefficient (Wildman–Crippen LogP) is 2.27. The Morgan fingerprint density at radius 3 is 2.86 bits per heavy atom. The molecule has 2 N–H and O–H groups in total. The number of hydrogen-bond donors (Lipinski definition) is 2. The van der Waals surface area contributed by atoms with E-state index >= 15 is 0 Å². The Morgan fingerprint density at radius 1 is 1.17 bits per heavy atom. The van der Waals surface area contributed by atoms with Gasteiger partial charge in [0.1, 0.15) is 0 Å². The van der Waals surface area contributed by atoms with Gasteiger partial charge in [0.15, 0.2) is 0 Å². The number of amides is 2. The third-order valence-corrected chi connectivity index (χ3v) is 8.14. The molecule has 6 rings (SSSR count). The van der Waals surface area contributed by atoms with Crippen molar-refractivity contribution in [3.8, 4) is 0 Å². The molecule has 1 aromatic heterocycles. The molecule has 184 valence electrons. The second-order valence-corrected chi connectivity index (χ2v) is 10.5. The number of hydrogen-bond acceptors (Lipinski definition) is 5. The number of benzene rings is 1. The summed E-state index contributed by atoms with van der Waals surface area (Å²) in [5.41, 5.74) is 4.05. The molecule has 0 radical (unpaired) electrons. The molecule has 5 atom stereocenters. The Hall–Kier alpha value is -3.13. The molecule has 35 heavy (non-hydrogen) atoms. The maximum Gasteiger partial charge on any atom is 0.250 e. The van der Waals surface area contributed by atoms with Crippen LogP contribution >= 0.6 is 0 Å². The third-order valence-electron chi connectivity index (χ3n) is 8.14. The quantitative estimate of drug-likeness (QED) is 0.706. The first kappa shape index (κ1) is 22.3. The molecule has 8 nitrogen and oxygen atoms in total. The number of aromatic nitrogens is 1. The molecule has 8 heteroatoms. The largest absolute Gasteiger partial charge is 0.376 e. The second kappa shape index (κ2) is 8.82. The average Bonchev–Trinajstić information content (AvgIpc) is 3.36. The standard InChI is InChI=1S/C27H32N4O4/c1-16(32)29-19-7-8-23-18(11-19)12-22(27(34)28-13-20-4-3-9-35-20)26-21-10-17(15-31(23)26)14-30-24(21)5-2-6-25(30)33/h2,5-8,11,17,20-22,26H,3-4,9-10,12-15H2,1H3,(H,28,34)(H,29,32). The van der Waals surface area contributed by atoms with Crippen molar-refractivity contribution in [3.63, 3.8) is 0 Å². The molecule has 2 saturated heterocycles. The molecular weight excluding hydrogens is 444 g/mol. The van der Waals surface area contributed by atoms with Crippen molar-refractivity contribution >= 4 is 23.2 Å². The first-order valence-electron chi connectivity index (χ1n) is 12.7. The fourth-order valence-corrected chi connectivity index (χ4v) is 6.75. The summed E-state index contributed by atoms with van der Waals surface area (Å²) in [5.74, 6) is 0.127. The van der Waals surface area contributed by atoms with Crippen molar-refractivity contribution in [2.45, 2.75) is 57.2 Å². The number of pyridine rings is 1. The molecule has 4 aliphatic rings. The van der Waals surface area contributed by atoms with Gasteiger partial charge in [-0.25, -0.2) is 0 Å². The lowest BCUT2D eigenvalue weighted by atomic mass is 9.69. The number of piperidine rings is 1. The van der Waals surface area contributed by atoms with Crippen molar-refractivity contribution in [2.24, 2.45) is 11.8 Å². The number of carbonyl (C=O) groups is 2. The fraction of sp³-hybridized carbons (Fsp3) is 0.519. The summed E-state index contributed by atoms with van der Waals surface area (Å²) in [6.45, 7) is 4.31. The van der Waals surface area contributed by atoms with Crippen molar-refractivity contribution in [1.29, 1.82) is 0 Å². The SMILES string of the molecule is CC(=O)Nc1ccc2c(c1)CC(C(=O)NCC1CCCO1)C1C3CC(CN21)Cn1c3cccc1=O. The maximum atomic E-state index is 13.7. The van der Waals surface area contributed by atoms with E-state index in [1.807, 2.05) is 22.8 Å². The van der Waals surface area contributed by atoms with Crippen molar-refractivity contribution in [1.82, 2.24) is 9.88 Å². The smallest absolute Gasteiger partial charge is 0.250 e. The summed E-state index contributed by atoms with van der Waals surface area (Å²) in [6, 6.07) is 11.5. The minimum Gasteiger partial charge on any atom is -0.376 e. The first-order chi connectivity index (χ1) is 17.0. The number of rotatable bonds is 4. The van der Waals surface area contributed by atoms with Gasteiger partial charge < -0.3 is 24.8 Å². The lowest BCUT2D eigenvalue weighted by molar-refractivity contribution is -0.127. The van der Waals surface area contributed by atoms with Crippen molar-refractivity contribution in [2.75, 3.05) is 29.9 Å². The summed E-state index contributed by atoms with van der Waals surface area (Å²) >= 11 is 0. The molecule has 5 unspecified atom stereocenters. The van der Waals surface area contributed by atoms with E-state index in [1.165, 1.54) is 6.92 Å². The van der Waals surface area contributed by atoms with Crippen molar-refractivity contribution in [3.05, 3.63) is 58.0 Å². The van der Waals surface area contributed by atoms with Crippen LogP contribution in [0.25, 0.3) is 0 Å². The van der Waals surface area contributed by atoms with Crippen LogP contribution in [0.3, 0.4) is 0 Å². The number of ether oxygens (including phenoxy) is 1. The second-order valence-electron chi connectivity index (χ2n) is 10.5. The lowest BCUT2D eigenvalue weighted by Crippen LogP contribution is -2.60. The summed E-state index contributed by atoms with van der Waals surface area (Å²) in [6.07, 6.45) is 3.68. The van der Waals surface area contributed by atoms with Gasteiger partial charge in [-0.05, 0) is 61.4 Å². The molecule has 4 aliphatic heterocycles. The molecule has 0 spiro atoms. The Morgan fingerprint density at radius 2 is 2.06 bits per heavy atom. The van der Waals surface area contributed by atoms with E-state index in [9.17, 15) is 14.4 Å². The van der Waals surface area contributed by atoms with Crippen LogP contribution in [0, 0.1) is 11.8 Å². The Labute approximate surface area is 204 Å². The Kier molecular flexibility index (Phi) is 5.63. The summed E-state index contributed by atoms with van der Waals surface area (Å²) in [5, 5.41) is 6.07. The highest BCUT2D eigenvalue weighted by molar-refractivity contribution is 5.89. The van der Waals surface area contributed by atoms with Crippen LogP contribution in [0.5, 0.6) is 0 Å². The normalized spacial score (nSPS) is 28.5. The van der Waals surface area contributed by atoms with Gasteiger partial charge in [0.05, 0.1) is 12.0 Å². The van der Waals surface area contributed by atoms with Crippen LogP contribution in [0.4, 0.5) is 11.4 Å². The number of carbonyl (C=O) groups excluding carboxylic acids is 2. The van der Waals surface area contributed by atoms with E-state index in [0.717, 1.165) is 55.0 Å². The zero-order valence-electron chi connectivity index (χ0n) is 20.0. The van der Waals surface area contributed by atoms with Crippen LogP contribution in [0.1, 0.15) is 43.4 Å². The van der Waals surface area contributed by atoms with E-state index in [4.69, 9.17) is 4.74 Å². The van der Waals surface area contributed by atoms with E-state index in [2.05, 4.69) is 27.7 Å². The van der Waals surface area contributed by atoms with Crippen LogP contribution in [0.2, 0.25) is 0 Å². The molecule has 5 heterocycles. The minimum atomic E-state index is -0.260. The molecule has 2 aromatic rings. The van der Waals surface area contributed by atoms with Crippen LogP contribution in [-0.2, 0) is 27.3 Å². The van der Waals surface area contributed by atoms with Crippen molar-refractivity contribution < 1.29 is 14.3 Å². The molecule has 2 bridgehead atoms.